The zero-order valence-corrected chi connectivity index (χ0v) is 11.6. The molecule has 0 aliphatic heterocycles. The highest BCUT2D eigenvalue weighted by Gasteiger charge is 2.21. The fraction of sp³-hybridized carbons (Fsp3) is 0.833. The Kier molecular flexibility index (Phi) is 4.34. The van der Waals surface area contributed by atoms with E-state index in [0.29, 0.717) is 17.2 Å². The van der Waals surface area contributed by atoms with Gasteiger partial charge in [-0.25, -0.2) is 0 Å². The molecule has 1 heterocycles. The molecule has 96 valence electrons. The summed E-state index contributed by atoms with van der Waals surface area (Å²) in [7, 11) is 0. The summed E-state index contributed by atoms with van der Waals surface area (Å²) in [4.78, 5) is 0. The molecule has 0 spiro atoms. The van der Waals surface area contributed by atoms with Gasteiger partial charge in [0.1, 0.15) is 5.01 Å². The molecule has 1 aromatic heterocycles. The Hall–Kier alpha value is -0.680. The molecule has 17 heavy (non-hydrogen) atoms. The maximum atomic E-state index is 5.75. The minimum atomic E-state index is 0.215. The zero-order valence-electron chi connectivity index (χ0n) is 10.8. The van der Waals surface area contributed by atoms with E-state index in [9.17, 15) is 0 Å². The van der Waals surface area contributed by atoms with E-state index in [1.807, 2.05) is 0 Å². The smallest absolute Gasteiger partial charge is 0.294 e. The van der Waals surface area contributed by atoms with E-state index >= 15 is 0 Å². The highest BCUT2D eigenvalue weighted by Crippen LogP contribution is 2.23. The van der Waals surface area contributed by atoms with Crippen LogP contribution in [0.3, 0.4) is 0 Å². The molecule has 5 heteroatoms. The van der Waals surface area contributed by atoms with Gasteiger partial charge in [0.25, 0.3) is 5.19 Å². The van der Waals surface area contributed by atoms with Gasteiger partial charge in [-0.05, 0) is 32.1 Å². The molecule has 1 aliphatic rings. The van der Waals surface area contributed by atoms with Crippen molar-refractivity contribution < 1.29 is 4.74 Å². The van der Waals surface area contributed by atoms with E-state index in [1.165, 1.54) is 12.8 Å². The summed E-state index contributed by atoms with van der Waals surface area (Å²) in [5.41, 5.74) is 0. The number of aromatic nitrogens is 2. The molecule has 1 saturated carbocycles. The third-order valence-electron chi connectivity index (χ3n) is 2.67. The lowest BCUT2D eigenvalue weighted by molar-refractivity contribution is 0.191. The Morgan fingerprint density at radius 3 is 2.76 bits per heavy atom. The van der Waals surface area contributed by atoms with Crippen LogP contribution < -0.4 is 10.1 Å². The predicted octanol–water partition coefficient (Wildman–Crippen LogP) is 2.60. The molecule has 1 unspecified atom stereocenters. The van der Waals surface area contributed by atoms with Crippen LogP contribution >= 0.6 is 11.3 Å². The Labute approximate surface area is 107 Å². The maximum absolute atomic E-state index is 5.75. The van der Waals surface area contributed by atoms with Crippen LogP contribution in [0.5, 0.6) is 5.19 Å². The van der Waals surface area contributed by atoms with Crippen LogP contribution in [0.25, 0.3) is 0 Å². The molecule has 4 nitrogen and oxygen atoms in total. The number of rotatable bonds is 7. The molecule has 0 saturated heterocycles. The summed E-state index contributed by atoms with van der Waals surface area (Å²) in [6.07, 6.45) is 3.86. The van der Waals surface area contributed by atoms with E-state index in [1.54, 1.807) is 11.3 Å². The van der Waals surface area contributed by atoms with Gasteiger partial charge in [0.05, 0.1) is 12.6 Å². The summed E-state index contributed by atoms with van der Waals surface area (Å²) in [5.74, 6) is 0.647. The average Bonchev–Trinajstić information content (AvgIpc) is 2.96. The molecule has 0 amide bonds. The molecule has 1 aromatic rings. The minimum Gasteiger partial charge on any atom is -0.466 e. The van der Waals surface area contributed by atoms with Gasteiger partial charge in [0, 0.05) is 6.04 Å². The fourth-order valence-electron chi connectivity index (χ4n) is 1.76. The molecule has 0 bridgehead atoms. The topological polar surface area (TPSA) is 47.0 Å². The Bertz CT molecular complexity index is 349. The summed E-state index contributed by atoms with van der Waals surface area (Å²) in [6, 6.07) is 0.711. The summed E-state index contributed by atoms with van der Waals surface area (Å²) < 4.78 is 5.75. The average molecular weight is 255 g/mol. The third kappa shape index (κ3) is 4.60. The van der Waals surface area contributed by atoms with Crippen LogP contribution in [0.1, 0.15) is 45.0 Å². The van der Waals surface area contributed by atoms with Gasteiger partial charge in [0.15, 0.2) is 0 Å². The largest absolute Gasteiger partial charge is 0.466 e. The van der Waals surface area contributed by atoms with Crippen LogP contribution in [0.15, 0.2) is 0 Å². The van der Waals surface area contributed by atoms with Crippen molar-refractivity contribution in [2.75, 3.05) is 0 Å². The van der Waals surface area contributed by atoms with Crippen molar-refractivity contribution in [3.05, 3.63) is 5.01 Å². The quantitative estimate of drug-likeness (QED) is 0.813. The first-order valence-corrected chi connectivity index (χ1v) is 7.17. The summed E-state index contributed by atoms with van der Waals surface area (Å²) in [6.45, 7) is 7.31. The summed E-state index contributed by atoms with van der Waals surface area (Å²) >= 11 is 1.55. The van der Waals surface area contributed by atoms with Crippen LogP contribution in [0.2, 0.25) is 0 Å². The molecule has 1 atom stereocenters. The van der Waals surface area contributed by atoms with Crippen LogP contribution in [0.4, 0.5) is 0 Å². The lowest BCUT2D eigenvalue weighted by Gasteiger charge is -2.13. The highest BCUT2D eigenvalue weighted by molar-refractivity contribution is 7.13. The second kappa shape index (κ2) is 5.78. The van der Waals surface area contributed by atoms with Gasteiger partial charge in [0.2, 0.25) is 0 Å². The third-order valence-corrected chi connectivity index (χ3v) is 3.49. The van der Waals surface area contributed by atoms with E-state index < -0.39 is 0 Å². The normalized spacial score (nSPS) is 17.4. The van der Waals surface area contributed by atoms with Gasteiger partial charge >= 0.3 is 0 Å². The molecular formula is C12H21N3OS. The van der Waals surface area contributed by atoms with Crippen molar-refractivity contribution in [2.24, 2.45) is 5.92 Å². The van der Waals surface area contributed by atoms with Crippen molar-refractivity contribution in [3.8, 4) is 5.19 Å². The molecule has 2 rings (SSSR count). The van der Waals surface area contributed by atoms with E-state index in [4.69, 9.17) is 4.74 Å². The standard InChI is InChI=1S/C12H21N3OS/c1-8(2)6-9(3)16-12-15-14-11(17-12)7-13-10-4-5-10/h8-10,13H,4-7H2,1-3H3. The van der Waals surface area contributed by atoms with Crippen molar-refractivity contribution in [1.82, 2.24) is 15.5 Å². The lowest BCUT2D eigenvalue weighted by atomic mass is 10.1. The van der Waals surface area contributed by atoms with Gasteiger partial charge in [-0.3, -0.25) is 0 Å². The number of hydrogen-bond acceptors (Lipinski definition) is 5. The highest BCUT2D eigenvalue weighted by atomic mass is 32.1. The number of nitrogens with zero attached hydrogens (tertiary/aromatic N) is 2. The van der Waals surface area contributed by atoms with Crippen LogP contribution in [-0.2, 0) is 6.54 Å². The van der Waals surface area contributed by atoms with E-state index in [2.05, 4.69) is 36.3 Å². The van der Waals surface area contributed by atoms with Gasteiger partial charge < -0.3 is 10.1 Å². The Morgan fingerprint density at radius 2 is 2.12 bits per heavy atom. The first-order valence-electron chi connectivity index (χ1n) is 6.36. The number of ether oxygens (including phenoxy) is 1. The van der Waals surface area contributed by atoms with Crippen molar-refractivity contribution in [1.29, 1.82) is 0 Å². The van der Waals surface area contributed by atoms with Gasteiger partial charge in [-0.15, -0.1) is 5.10 Å². The van der Waals surface area contributed by atoms with Crippen LogP contribution in [-0.4, -0.2) is 22.3 Å². The lowest BCUT2D eigenvalue weighted by Crippen LogP contribution is -2.14. The second-order valence-electron chi connectivity index (χ2n) is 5.17. The molecule has 0 radical (unpaired) electrons. The molecule has 1 fully saturated rings. The van der Waals surface area contributed by atoms with E-state index in [0.717, 1.165) is 18.0 Å². The molecular weight excluding hydrogens is 234 g/mol. The van der Waals surface area contributed by atoms with Gasteiger partial charge in [-0.2, -0.15) is 0 Å². The number of hydrogen-bond donors (Lipinski definition) is 1. The number of nitrogens with one attached hydrogen (secondary N) is 1. The Morgan fingerprint density at radius 1 is 1.35 bits per heavy atom. The zero-order chi connectivity index (χ0) is 12.3. The molecule has 1 N–H and O–H groups in total. The first-order chi connectivity index (χ1) is 8.13. The fourth-order valence-corrected chi connectivity index (χ4v) is 2.49. The molecule has 0 aromatic carbocycles. The first kappa shape index (κ1) is 12.8. The SMILES string of the molecule is CC(C)CC(C)Oc1nnc(CNC2CC2)s1. The van der Waals surface area contributed by atoms with Crippen molar-refractivity contribution >= 4 is 11.3 Å². The molecule has 1 aliphatic carbocycles. The van der Waals surface area contributed by atoms with Crippen molar-refractivity contribution in [3.63, 3.8) is 0 Å². The maximum Gasteiger partial charge on any atom is 0.294 e. The van der Waals surface area contributed by atoms with Crippen LogP contribution in [0, 0.1) is 5.92 Å². The second-order valence-corrected chi connectivity index (χ2v) is 6.20. The van der Waals surface area contributed by atoms with E-state index in [-0.39, 0.29) is 6.10 Å². The minimum absolute atomic E-state index is 0.215. The van der Waals surface area contributed by atoms with Gasteiger partial charge in [-0.1, -0.05) is 30.3 Å². The monoisotopic (exact) mass is 255 g/mol. The Balaban J connectivity index is 1.76. The van der Waals surface area contributed by atoms with Crippen molar-refractivity contribution in [2.45, 2.75) is 58.7 Å². The summed E-state index contributed by atoms with van der Waals surface area (Å²) in [5, 5.41) is 13.3. The predicted molar refractivity (Wildman–Crippen MR) is 69.3 cm³/mol.